The van der Waals surface area contributed by atoms with E-state index in [4.69, 9.17) is 4.74 Å². The van der Waals surface area contributed by atoms with E-state index in [1.165, 1.54) is 56.9 Å². The van der Waals surface area contributed by atoms with E-state index in [0.29, 0.717) is 29.9 Å². The number of hydrogen-bond donors (Lipinski definition) is 2. The van der Waals surface area contributed by atoms with Crippen molar-refractivity contribution in [2.45, 2.75) is 75.5 Å². The molecule has 3 nitrogen and oxygen atoms in total. The van der Waals surface area contributed by atoms with Crippen molar-refractivity contribution in [3.63, 3.8) is 0 Å². The Balaban J connectivity index is 1.25. The lowest BCUT2D eigenvalue weighted by molar-refractivity contribution is -0.0136. The van der Waals surface area contributed by atoms with Crippen LogP contribution < -0.4 is 5.32 Å². The lowest BCUT2D eigenvalue weighted by Crippen LogP contribution is -2.45. The molecule has 1 aliphatic heterocycles. The van der Waals surface area contributed by atoms with Crippen molar-refractivity contribution in [1.82, 2.24) is 5.32 Å². The molecule has 0 aromatic heterocycles. The zero-order valence-corrected chi connectivity index (χ0v) is 13.9. The first-order valence-electron chi connectivity index (χ1n) is 9.44. The molecule has 2 N–H and O–H groups in total. The van der Waals surface area contributed by atoms with E-state index in [-0.39, 0.29) is 0 Å². The molecular weight excluding hydrogens is 286 g/mol. The highest BCUT2D eigenvalue weighted by atomic mass is 16.5. The van der Waals surface area contributed by atoms with Crippen LogP contribution >= 0.6 is 0 Å². The van der Waals surface area contributed by atoms with Crippen LogP contribution in [0.1, 0.15) is 62.8 Å². The fourth-order valence-electron chi connectivity index (χ4n) is 4.45. The van der Waals surface area contributed by atoms with Crippen molar-refractivity contribution in [2.75, 3.05) is 6.61 Å². The van der Waals surface area contributed by atoms with Crippen molar-refractivity contribution < 1.29 is 9.84 Å². The SMILES string of the molecule is Oc1ccc(C2CCC(N[C@@H]3CCO[C@H](C4CC4)C3)CC2)cc1. The third kappa shape index (κ3) is 3.89. The Morgan fingerprint density at radius 2 is 1.61 bits per heavy atom. The predicted octanol–water partition coefficient (Wildman–Crippen LogP) is 3.97. The lowest BCUT2D eigenvalue weighted by Gasteiger charge is -2.36. The van der Waals surface area contributed by atoms with Crippen LogP contribution in [0.2, 0.25) is 0 Å². The molecule has 0 amide bonds. The monoisotopic (exact) mass is 315 g/mol. The maximum absolute atomic E-state index is 9.42. The minimum absolute atomic E-state index is 0.369. The molecule has 1 saturated heterocycles. The summed E-state index contributed by atoms with van der Waals surface area (Å²) in [7, 11) is 0. The van der Waals surface area contributed by atoms with E-state index in [0.717, 1.165) is 12.5 Å². The largest absolute Gasteiger partial charge is 0.508 e. The van der Waals surface area contributed by atoms with E-state index in [1.807, 2.05) is 12.1 Å². The van der Waals surface area contributed by atoms with Crippen molar-refractivity contribution in [1.29, 1.82) is 0 Å². The molecular formula is C20H29NO2. The van der Waals surface area contributed by atoms with E-state index >= 15 is 0 Å². The molecule has 0 unspecified atom stereocenters. The van der Waals surface area contributed by atoms with Crippen molar-refractivity contribution in [3.05, 3.63) is 29.8 Å². The van der Waals surface area contributed by atoms with Crippen molar-refractivity contribution >= 4 is 0 Å². The topological polar surface area (TPSA) is 41.5 Å². The van der Waals surface area contributed by atoms with Crippen molar-refractivity contribution in [3.8, 4) is 5.75 Å². The lowest BCUT2D eigenvalue weighted by atomic mass is 9.81. The second-order valence-electron chi connectivity index (χ2n) is 7.77. The van der Waals surface area contributed by atoms with E-state index in [1.54, 1.807) is 0 Å². The normalized spacial score (nSPS) is 35.1. The molecule has 0 radical (unpaired) electrons. The minimum atomic E-state index is 0.369. The summed E-state index contributed by atoms with van der Waals surface area (Å²) in [4.78, 5) is 0. The highest BCUT2D eigenvalue weighted by Crippen LogP contribution is 2.39. The molecule has 2 atom stereocenters. The van der Waals surface area contributed by atoms with Gasteiger partial charge in [0.15, 0.2) is 0 Å². The Kier molecular flexibility index (Phi) is 4.59. The highest BCUT2D eigenvalue weighted by molar-refractivity contribution is 5.28. The molecule has 2 saturated carbocycles. The number of phenolic OH excluding ortho intramolecular Hbond substituents is 1. The molecule has 3 heteroatoms. The van der Waals surface area contributed by atoms with Crippen LogP contribution in [0.4, 0.5) is 0 Å². The van der Waals surface area contributed by atoms with Gasteiger partial charge in [0.05, 0.1) is 6.10 Å². The van der Waals surface area contributed by atoms with E-state index < -0.39 is 0 Å². The first-order valence-corrected chi connectivity index (χ1v) is 9.44. The quantitative estimate of drug-likeness (QED) is 0.883. The summed E-state index contributed by atoms with van der Waals surface area (Å²) < 4.78 is 5.95. The summed E-state index contributed by atoms with van der Waals surface area (Å²) in [6.45, 7) is 0.946. The average Bonchev–Trinajstić information content (AvgIpc) is 3.42. The van der Waals surface area contributed by atoms with Gasteiger partial charge in [-0.25, -0.2) is 0 Å². The molecule has 2 aliphatic carbocycles. The first-order chi connectivity index (χ1) is 11.3. The summed E-state index contributed by atoms with van der Waals surface area (Å²) in [6, 6.07) is 9.18. The van der Waals surface area contributed by atoms with Gasteiger partial charge in [-0.1, -0.05) is 12.1 Å². The van der Waals surface area contributed by atoms with Gasteiger partial charge >= 0.3 is 0 Å². The number of ether oxygens (including phenoxy) is 1. The van der Waals surface area contributed by atoms with Gasteiger partial charge in [0.2, 0.25) is 0 Å². The van der Waals surface area contributed by atoms with Crippen LogP contribution in [-0.2, 0) is 4.74 Å². The smallest absolute Gasteiger partial charge is 0.115 e. The van der Waals surface area contributed by atoms with Crippen LogP contribution in [-0.4, -0.2) is 29.9 Å². The molecule has 1 aromatic rings. The predicted molar refractivity (Wildman–Crippen MR) is 91.7 cm³/mol. The third-order valence-corrected chi connectivity index (χ3v) is 6.03. The van der Waals surface area contributed by atoms with Crippen LogP contribution in [0.25, 0.3) is 0 Å². The van der Waals surface area contributed by atoms with Gasteiger partial charge in [-0.2, -0.15) is 0 Å². The molecule has 23 heavy (non-hydrogen) atoms. The Morgan fingerprint density at radius 1 is 0.870 bits per heavy atom. The molecule has 0 spiro atoms. The highest BCUT2D eigenvalue weighted by Gasteiger charge is 2.36. The van der Waals surface area contributed by atoms with Gasteiger partial charge in [0.25, 0.3) is 0 Å². The number of phenols is 1. The van der Waals surface area contributed by atoms with Gasteiger partial charge in [-0.3, -0.25) is 0 Å². The number of nitrogens with one attached hydrogen (secondary N) is 1. The number of benzene rings is 1. The van der Waals surface area contributed by atoms with Crippen LogP contribution in [0.15, 0.2) is 24.3 Å². The van der Waals surface area contributed by atoms with Gasteiger partial charge in [-0.05, 0) is 80.9 Å². The minimum Gasteiger partial charge on any atom is -0.508 e. The maximum Gasteiger partial charge on any atom is 0.115 e. The number of aromatic hydroxyl groups is 1. The molecule has 126 valence electrons. The Labute approximate surface area is 139 Å². The number of rotatable bonds is 4. The molecule has 3 fully saturated rings. The van der Waals surface area contributed by atoms with E-state index in [9.17, 15) is 5.11 Å². The molecule has 1 heterocycles. The van der Waals surface area contributed by atoms with Crippen molar-refractivity contribution in [2.24, 2.45) is 5.92 Å². The van der Waals surface area contributed by atoms with Gasteiger partial charge in [0, 0.05) is 18.7 Å². The third-order valence-electron chi connectivity index (χ3n) is 6.03. The zero-order chi connectivity index (χ0) is 15.6. The first kappa shape index (κ1) is 15.5. The van der Waals surface area contributed by atoms with Crippen LogP contribution in [0.3, 0.4) is 0 Å². The van der Waals surface area contributed by atoms with E-state index in [2.05, 4.69) is 17.4 Å². The summed E-state index contributed by atoms with van der Waals surface area (Å²) in [5.74, 6) is 1.90. The number of hydrogen-bond acceptors (Lipinski definition) is 3. The van der Waals surface area contributed by atoms with Gasteiger partial charge in [0.1, 0.15) is 5.75 Å². The summed E-state index contributed by atoms with van der Waals surface area (Å²) in [5, 5.41) is 13.4. The maximum atomic E-state index is 9.42. The second kappa shape index (κ2) is 6.82. The standard InChI is InChI=1S/C20H29NO2/c22-19-9-5-15(6-10-19)14-3-7-17(8-4-14)21-18-11-12-23-20(13-18)16-1-2-16/h5-6,9-10,14,16-18,20-22H,1-4,7-8,11-13H2/t14?,17?,18-,20+/m1/s1. The molecule has 4 rings (SSSR count). The second-order valence-corrected chi connectivity index (χ2v) is 7.77. The Morgan fingerprint density at radius 3 is 2.30 bits per heavy atom. The average molecular weight is 315 g/mol. The summed E-state index contributed by atoms with van der Waals surface area (Å²) >= 11 is 0. The fourth-order valence-corrected chi connectivity index (χ4v) is 4.45. The van der Waals surface area contributed by atoms with Gasteiger partial charge < -0.3 is 15.2 Å². The summed E-state index contributed by atoms with van der Waals surface area (Å²) in [5.41, 5.74) is 1.39. The fraction of sp³-hybridized carbons (Fsp3) is 0.700. The Hall–Kier alpha value is -1.06. The van der Waals surface area contributed by atoms with Crippen LogP contribution in [0, 0.1) is 5.92 Å². The zero-order valence-electron chi connectivity index (χ0n) is 13.9. The summed E-state index contributed by atoms with van der Waals surface area (Å²) in [6.07, 6.45) is 10.8. The molecule has 1 aromatic carbocycles. The van der Waals surface area contributed by atoms with Crippen LogP contribution in [0.5, 0.6) is 5.75 Å². The Bertz CT molecular complexity index is 503. The molecule has 3 aliphatic rings. The van der Waals surface area contributed by atoms with Gasteiger partial charge in [-0.15, -0.1) is 0 Å². The molecule has 0 bridgehead atoms.